The van der Waals surface area contributed by atoms with Crippen LogP contribution in [0.2, 0.25) is 0 Å². The lowest BCUT2D eigenvalue weighted by Gasteiger charge is -2.29. The van der Waals surface area contributed by atoms with Crippen molar-refractivity contribution >= 4 is 91.8 Å². The molecule has 18 rings (SSSR count). The number of nitrogen functional groups attached to an aromatic ring is 12. The molecule has 696 valence electrons. The third-order valence-corrected chi connectivity index (χ3v) is 25.0. The molecule has 0 saturated heterocycles. The van der Waals surface area contributed by atoms with Gasteiger partial charge in [0.1, 0.15) is 46.0 Å². The Labute approximate surface area is 820 Å². The maximum atomic E-state index is 5.83. The minimum Gasteiger partial charge on any atom is -0.457 e. The highest BCUT2D eigenvalue weighted by Gasteiger charge is 2.27. The van der Waals surface area contributed by atoms with Crippen molar-refractivity contribution < 1.29 is 18.9 Å². The zero-order chi connectivity index (χ0) is 97.2. The Morgan fingerprint density at radius 3 is 0.529 bits per heavy atom. The first-order valence-corrected chi connectivity index (χ1v) is 47.2. The average Bonchev–Trinajstić information content (AvgIpc) is 0.780. The number of nitrogens with two attached hydrogens (primary N) is 12. The number of aryl methyl sites for hydroxylation is 4. The van der Waals surface area contributed by atoms with E-state index in [-0.39, 0.29) is 10.8 Å². The molecule has 18 aromatic rings. The largest absolute Gasteiger partial charge is 0.457 e. The molecule has 0 heterocycles. The van der Waals surface area contributed by atoms with Gasteiger partial charge in [-0.25, -0.2) is 0 Å². The van der Waals surface area contributed by atoms with Gasteiger partial charge in [-0.15, -0.1) is 0 Å². The molecule has 0 aromatic heterocycles. The minimum atomic E-state index is -0.0719. The van der Waals surface area contributed by atoms with E-state index in [1.807, 2.05) is 218 Å². The van der Waals surface area contributed by atoms with E-state index in [0.29, 0.717) is 34.2 Å². The molecule has 18 heteroatoms. The van der Waals surface area contributed by atoms with Crippen LogP contribution in [0.4, 0.5) is 68.2 Å². The highest BCUT2D eigenvalue weighted by molar-refractivity contribution is 7.99. The molecule has 0 aliphatic rings. The third kappa shape index (κ3) is 31.8. The Bertz CT molecular complexity index is 6010. The summed E-state index contributed by atoms with van der Waals surface area (Å²) in [7, 11) is 0. The van der Waals surface area contributed by atoms with Crippen LogP contribution in [0.15, 0.2) is 456 Å². The van der Waals surface area contributed by atoms with E-state index in [1.54, 1.807) is 72.1 Å². The summed E-state index contributed by atoms with van der Waals surface area (Å²) in [6.45, 7) is 8.99. The van der Waals surface area contributed by atoms with Crippen LogP contribution in [0, 0.1) is 0 Å². The van der Waals surface area contributed by atoms with E-state index in [1.165, 1.54) is 86.3 Å². The molecular weight excluding hydrogens is 1740 g/mol. The van der Waals surface area contributed by atoms with Crippen LogP contribution in [0.25, 0.3) is 0 Å². The van der Waals surface area contributed by atoms with Crippen LogP contribution in [-0.2, 0) is 49.4 Å². The van der Waals surface area contributed by atoms with Crippen LogP contribution in [-0.4, -0.2) is 0 Å². The van der Waals surface area contributed by atoms with E-state index in [2.05, 4.69) is 198 Å². The number of ether oxygens (including phenoxy) is 4. The highest BCUT2D eigenvalue weighted by Crippen LogP contribution is 2.39. The molecule has 0 aliphatic heterocycles. The van der Waals surface area contributed by atoms with Crippen molar-refractivity contribution in [2.45, 2.75) is 96.6 Å². The van der Waals surface area contributed by atoms with Gasteiger partial charge < -0.3 is 87.8 Å². The van der Waals surface area contributed by atoms with Gasteiger partial charge in [-0.05, 0) is 384 Å². The van der Waals surface area contributed by atoms with Gasteiger partial charge in [0.25, 0.3) is 0 Å². The van der Waals surface area contributed by atoms with Crippen molar-refractivity contribution in [1.29, 1.82) is 0 Å². The number of hydrogen-bond acceptors (Lipinski definition) is 18. The van der Waals surface area contributed by atoms with E-state index < -0.39 is 0 Å². The van der Waals surface area contributed by atoms with Gasteiger partial charge in [-0.2, -0.15) is 0 Å². The highest BCUT2D eigenvalue weighted by atomic mass is 32.2. The van der Waals surface area contributed by atoms with Crippen molar-refractivity contribution in [3.8, 4) is 46.0 Å². The molecule has 0 atom stereocenters. The molecular formula is C120H120N12O4S2. The summed E-state index contributed by atoms with van der Waals surface area (Å²) in [5, 5.41) is 0. The summed E-state index contributed by atoms with van der Waals surface area (Å²) >= 11 is 3.46. The van der Waals surface area contributed by atoms with Gasteiger partial charge in [0, 0.05) is 105 Å². The Balaban J connectivity index is 0.000000140. The van der Waals surface area contributed by atoms with Crippen LogP contribution >= 0.6 is 23.5 Å². The van der Waals surface area contributed by atoms with Gasteiger partial charge in [-0.3, -0.25) is 0 Å². The van der Waals surface area contributed by atoms with Gasteiger partial charge in [0.2, 0.25) is 0 Å². The predicted molar refractivity (Wildman–Crippen MR) is 582 cm³/mol. The zero-order valence-electron chi connectivity index (χ0n) is 78.2. The maximum absolute atomic E-state index is 5.83. The fourth-order valence-electron chi connectivity index (χ4n) is 14.6. The SMILES string of the molecule is CC(C)(c1ccc(N)cc1)c1ccc(C(C)(C)c2ccc(N)cc2)cc1.Nc1ccc(CCc2ccc(CCc3ccc(N)cc3)cc2)cc1.Nc1ccc(Cc2ccc(Cc3ccc(N)cc3)cc2)cc1.Nc1ccc(Oc2ccc(Oc3ccc(N)cc3)cc2)cc1.Nc1ccc(Oc2cccc(Oc3ccc(N)cc3)c2)cc1.Nc1ccc(Sc2ccc(Sc3ccc(N)cc3)cc2)cc1. The van der Waals surface area contributed by atoms with Crippen molar-refractivity contribution in [3.05, 3.63) is 504 Å². The average molecular weight is 1860 g/mol. The number of rotatable bonds is 26. The van der Waals surface area contributed by atoms with Crippen molar-refractivity contribution in [1.82, 2.24) is 0 Å². The monoisotopic (exact) mass is 1860 g/mol. The molecule has 0 fully saturated rings. The summed E-state index contributed by atoms with van der Waals surface area (Å²) in [6, 6.07) is 144. The second-order valence-electron chi connectivity index (χ2n) is 34.5. The molecule has 138 heavy (non-hydrogen) atoms. The topological polar surface area (TPSA) is 349 Å². The van der Waals surface area contributed by atoms with E-state index >= 15 is 0 Å². The van der Waals surface area contributed by atoms with Gasteiger partial charge in [0.15, 0.2) is 0 Å². The molecule has 0 saturated carbocycles. The first kappa shape index (κ1) is 99.0. The molecule has 0 bridgehead atoms. The third-order valence-electron chi connectivity index (χ3n) is 22.9. The van der Waals surface area contributed by atoms with E-state index in [0.717, 1.165) is 119 Å². The Hall–Kier alpha value is -16.5. The zero-order valence-corrected chi connectivity index (χ0v) is 79.8. The first-order chi connectivity index (χ1) is 66.6. The number of hydrogen-bond donors (Lipinski definition) is 12. The molecule has 0 aliphatic carbocycles. The minimum absolute atomic E-state index is 0.0719. The lowest BCUT2D eigenvalue weighted by Crippen LogP contribution is -2.21. The second-order valence-corrected chi connectivity index (χ2v) is 36.8. The Morgan fingerprint density at radius 1 is 0.167 bits per heavy atom. The van der Waals surface area contributed by atoms with Gasteiger partial charge >= 0.3 is 0 Å². The lowest BCUT2D eigenvalue weighted by atomic mass is 9.74. The normalized spacial score (nSPS) is 10.8. The van der Waals surface area contributed by atoms with Gasteiger partial charge in [-0.1, -0.05) is 203 Å². The molecule has 18 aromatic carbocycles. The van der Waals surface area contributed by atoms with E-state index in [4.69, 9.17) is 87.8 Å². The molecule has 16 nitrogen and oxygen atoms in total. The second kappa shape index (κ2) is 48.9. The molecule has 0 unspecified atom stereocenters. The lowest BCUT2D eigenvalue weighted by molar-refractivity contribution is 0.460. The fourth-order valence-corrected chi connectivity index (χ4v) is 16.2. The van der Waals surface area contributed by atoms with Crippen LogP contribution in [0.3, 0.4) is 0 Å². The van der Waals surface area contributed by atoms with Crippen LogP contribution in [0.1, 0.15) is 94.5 Å². The number of benzene rings is 18. The maximum Gasteiger partial charge on any atom is 0.131 e. The fraction of sp³-hybridized carbons (Fsp3) is 0.100. The van der Waals surface area contributed by atoms with E-state index in [9.17, 15) is 0 Å². The first-order valence-electron chi connectivity index (χ1n) is 45.5. The van der Waals surface area contributed by atoms with Crippen molar-refractivity contribution in [2.75, 3.05) is 68.8 Å². The van der Waals surface area contributed by atoms with Gasteiger partial charge in [0.05, 0.1) is 0 Å². The van der Waals surface area contributed by atoms with Crippen LogP contribution < -0.4 is 87.8 Å². The van der Waals surface area contributed by atoms with Crippen molar-refractivity contribution in [2.24, 2.45) is 0 Å². The summed E-state index contributed by atoms with van der Waals surface area (Å²) < 4.78 is 23.0. The standard InChI is InChI=1S/C24H28N2.C22H24N2.C20H20N2.2C18H16N2O2.C18H16N2S2/c1-23(2,19-9-13-21(25)14-10-19)17-5-7-18(8-6-17)24(3,4)20-11-15-22(26)16-12-20;23-21-13-9-19(10-14-21)7-5-17-1-2-18(4-3-17)6-8-20-11-15-22(24)16-12-20;21-19-9-5-17(6-10-19)13-15-1-2-16(4-3-15)14-18-7-11-20(22)12-8-18;19-13-1-5-15(6-2-13)21-17-9-11-18(12-10-17)22-16-7-3-14(20)4-8-16;19-13-4-8-15(9-5-13)21-17-2-1-3-18(12-17)22-16-10-6-14(20)7-11-16;19-13-1-5-15(6-2-13)21-17-9-11-18(12-10-17)22-16-7-3-14(20)4-8-16/h5-16H,25-26H2,1-4H3;1-4,9-16H,5-8,23-24H2;1-12H,13-14,21-22H2;3*1-12H,19-20H2. The Kier molecular flexibility index (Phi) is 35.1. The summed E-state index contributed by atoms with van der Waals surface area (Å²) in [4.78, 5) is 4.80. The summed E-state index contributed by atoms with van der Waals surface area (Å²) in [6.07, 6.45) is 6.07. The predicted octanol–water partition coefficient (Wildman–Crippen LogP) is 28.0. The van der Waals surface area contributed by atoms with Crippen LogP contribution in [0.5, 0.6) is 46.0 Å². The molecule has 24 N–H and O–H groups in total. The quantitative estimate of drug-likeness (QED) is 0.0224. The molecule has 0 radical (unpaired) electrons. The Morgan fingerprint density at radius 2 is 0.312 bits per heavy atom. The smallest absolute Gasteiger partial charge is 0.131 e. The molecule has 0 amide bonds. The number of anilines is 12. The summed E-state index contributed by atoms with van der Waals surface area (Å²) in [5.41, 5.74) is 93.4. The summed E-state index contributed by atoms with van der Waals surface area (Å²) in [5.74, 6) is 5.76. The van der Waals surface area contributed by atoms with Crippen molar-refractivity contribution in [3.63, 3.8) is 0 Å². The molecule has 0 spiro atoms.